The molecule has 1 aromatic carbocycles. The average molecular weight is 291 g/mol. The van der Waals surface area contributed by atoms with E-state index in [-0.39, 0.29) is 11.8 Å². The molecule has 116 valence electrons. The minimum absolute atomic E-state index is 0.0438. The maximum absolute atomic E-state index is 12.1. The van der Waals surface area contributed by atoms with Crippen LogP contribution in [0.2, 0.25) is 0 Å². The molecular weight excluding hydrogens is 266 g/mol. The first kappa shape index (κ1) is 15.8. The summed E-state index contributed by atoms with van der Waals surface area (Å²) in [6.45, 7) is 5.40. The fraction of sp³-hybridized carbons (Fsp3) is 0.562. The van der Waals surface area contributed by atoms with Crippen molar-refractivity contribution >= 4 is 11.6 Å². The maximum Gasteiger partial charge on any atom is 0.227 e. The van der Waals surface area contributed by atoms with E-state index >= 15 is 0 Å². The minimum Gasteiger partial charge on any atom is -0.492 e. The topological polar surface area (TPSA) is 53.6 Å². The first-order valence-corrected chi connectivity index (χ1v) is 7.45. The molecule has 0 aromatic heterocycles. The lowest BCUT2D eigenvalue weighted by Gasteiger charge is -2.31. The third kappa shape index (κ3) is 4.72. The molecule has 1 atom stereocenters. The van der Waals surface area contributed by atoms with Gasteiger partial charge in [0.25, 0.3) is 0 Å². The van der Waals surface area contributed by atoms with Crippen LogP contribution in [0.3, 0.4) is 0 Å². The third-order valence-corrected chi connectivity index (χ3v) is 3.86. The largest absolute Gasteiger partial charge is 0.492 e. The van der Waals surface area contributed by atoms with E-state index in [1.54, 1.807) is 0 Å². The zero-order chi connectivity index (χ0) is 15.2. The summed E-state index contributed by atoms with van der Waals surface area (Å²) in [5.41, 5.74) is 0.819. The van der Waals surface area contributed by atoms with E-state index in [0.717, 1.165) is 31.1 Å². The van der Waals surface area contributed by atoms with Gasteiger partial charge in [0.2, 0.25) is 5.91 Å². The lowest BCUT2D eigenvalue weighted by molar-refractivity contribution is -0.121. The number of carbonyl (C=O) groups excluding carboxylic acids is 1. The number of carbonyl (C=O) groups is 1. The molecule has 0 saturated carbocycles. The Morgan fingerprint density at radius 1 is 1.38 bits per heavy atom. The van der Waals surface area contributed by atoms with Crippen molar-refractivity contribution in [3.63, 3.8) is 0 Å². The summed E-state index contributed by atoms with van der Waals surface area (Å²) in [5.74, 6) is 1.41. The van der Waals surface area contributed by atoms with Crippen LogP contribution in [0.4, 0.5) is 5.69 Å². The van der Waals surface area contributed by atoms with Crippen molar-refractivity contribution in [1.29, 1.82) is 0 Å². The number of ether oxygens (including phenoxy) is 1. The molecule has 5 nitrogen and oxygen atoms in total. The van der Waals surface area contributed by atoms with Crippen molar-refractivity contribution < 1.29 is 9.53 Å². The Morgan fingerprint density at radius 3 is 2.57 bits per heavy atom. The third-order valence-electron chi connectivity index (χ3n) is 3.86. The molecule has 0 bridgehead atoms. The predicted octanol–water partition coefficient (Wildman–Crippen LogP) is 1.42. The number of nitrogens with zero attached hydrogens (tertiary/aromatic N) is 1. The van der Waals surface area contributed by atoms with Crippen LogP contribution in [0, 0.1) is 11.8 Å². The number of likely N-dealkylation sites (N-methyl/N-ethyl adjacent to an activating group) is 1. The molecule has 1 aliphatic heterocycles. The van der Waals surface area contributed by atoms with Crippen LogP contribution in [-0.2, 0) is 4.79 Å². The number of hydrogen-bond acceptors (Lipinski definition) is 4. The molecule has 1 saturated heterocycles. The average Bonchev–Trinajstić information content (AvgIpc) is 2.38. The van der Waals surface area contributed by atoms with Gasteiger partial charge in [0, 0.05) is 18.2 Å². The van der Waals surface area contributed by atoms with E-state index in [0.29, 0.717) is 12.5 Å². The van der Waals surface area contributed by atoms with Gasteiger partial charge in [0.1, 0.15) is 12.4 Å². The molecular formula is C16H25N3O2. The summed E-state index contributed by atoms with van der Waals surface area (Å²) in [7, 11) is 4.03. The summed E-state index contributed by atoms with van der Waals surface area (Å²) in [6, 6.07) is 7.55. The summed E-state index contributed by atoms with van der Waals surface area (Å²) < 4.78 is 5.63. The Bertz CT molecular complexity index is 455. The van der Waals surface area contributed by atoms with Gasteiger partial charge in [-0.2, -0.15) is 0 Å². The van der Waals surface area contributed by atoms with Crippen LogP contribution in [0.1, 0.15) is 6.92 Å². The Hall–Kier alpha value is -1.59. The summed E-state index contributed by atoms with van der Waals surface area (Å²) in [6.07, 6.45) is 0. The normalized spacial score (nSPS) is 16.4. The standard InChI is InChI=1S/C16H25N3O2/c1-12(13-10-17-11-13)16(20)18-14-4-6-15(7-5-14)21-9-8-19(2)3/h4-7,12-13,17H,8-11H2,1-3H3,(H,18,20). The van der Waals surface area contributed by atoms with Gasteiger partial charge in [-0.1, -0.05) is 6.92 Å². The van der Waals surface area contributed by atoms with Gasteiger partial charge in [0.05, 0.1) is 0 Å². The number of hydrogen-bond donors (Lipinski definition) is 2. The second kappa shape index (κ2) is 7.43. The van der Waals surface area contributed by atoms with Crippen molar-refractivity contribution in [3.8, 4) is 5.75 Å². The van der Waals surface area contributed by atoms with Crippen molar-refractivity contribution in [2.45, 2.75) is 6.92 Å². The SMILES string of the molecule is CC(C(=O)Nc1ccc(OCCN(C)C)cc1)C1CNC1. The molecule has 21 heavy (non-hydrogen) atoms. The first-order chi connectivity index (χ1) is 10.1. The monoisotopic (exact) mass is 291 g/mol. The maximum atomic E-state index is 12.1. The fourth-order valence-corrected chi connectivity index (χ4v) is 2.12. The fourth-order valence-electron chi connectivity index (χ4n) is 2.12. The second-order valence-electron chi connectivity index (χ2n) is 5.87. The number of anilines is 1. The highest BCUT2D eigenvalue weighted by molar-refractivity contribution is 5.92. The zero-order valence-electron chi connectivity index (χ0n) is 13.1. The van der Waals surface area contributed by atoms with Crippen molar-refractivity contribution in [3.05, 3.63) is 24.3 Å². The van der Waals surface area contributed by atoms with Crippen LogP contribution >= 0.6 is 0 Å². The molecule has 0 aliphatic carbocycles. The van der Waals surface area contributed by atoms with Gasteiger partial charge in [0.15, 0.2) is 0 Å². The Balaban J connectivity index is 1.80. The molecule has 2 N–H and O–H groups in total. The lowest BCUT2D eigenvalue weighted by atomic mass is 9.88. The Morgan fingerprint density at radius 2 is 2.05 bits per heavy atom. The molecule has 1 fully saturated rings. The van der Waals surface area contributed by atoms with Gasteiger partial charge in [-0.05, 0) is 57.4 Å². The summed E-state index contributed by atoms with van der Waals surface area (Å²) in [5, 5.41) is 6.16. The molecule has 1 heterocycles. The number of benzene rings is 1. The highest BCUT2D eigenvalue weighted by Crippen LogP contribution is 2.20. The molecule has 1 unspecified atom stereocenters. The number of amides is 1. The van der Waals surface area contributed by atoms with E-state index in [4.69, 9.17) is 4.74 Å². The highest BCUT2D eigenvalue weighted by Gasteiger charge is 2.28. The van der Waals surface area contributed by atoms with Gasteiger partial charge < -0.3 is 20.3 Å². The first-order valence-electron chi connectivity index (χ1n) is 7.45. The molecule has 1 aromatic rings. The number of nitrogens with one attached hydrogen (secondary N) is 2. The predicted molar refractivity (Wildman–Crippen MR) is 84.6 cm³/mol. The highest BCUT2D eigenvalue weighted by atomic mass is 16.5. The van der Waals surface area contributed by atoms with Crippen LogP contribution in [0.5, 0.6) is 5.75 Å². The van der Waals surface area contributed by atoms with Crippen LogP contribution < -0.4 is 15.4 Å². The van der Waals surface area contributed by atoms with E-state index in [9.17, 15) is 4.79 Å². The van der Waals surface area contributed by atoms with Crippen LogP contribution in [-0.4, -0.2) is 51.1 Å². The molecule has 0 radical (unpaired) electrons. The smallest absolute Gasteiger partial charge is 0.227 e. The van der Waals surface area contributed by atoms with Crippen molar-refractivity contribution in [2.24, 2.45) is 11.8 Å². The molecule has 1 aliphatic rings. The van der Waals surface area contributed by atoms with Gasteiger partial charge in [-0.25, -0.2) is 0 Å². The Kier molecular flexibility index (Phi) is 5.59. The lowest BCUT2D eigenvalue weighted by Crippen LogP contribution is -2.48. The molecule has 1 amide bonds. The van der Waals surface area contributed by atoms with Crippen LogP contribution in [0.15, 0.2) is 24.3 Å². The molecule has 5 heteroatoms. The number of rotatable bonds is 7. The quantitative estimate of drug-likeness (QED) is 0.798. The van der Waals surface area contributed by atoms with E-state index in [1.807, 2.05) is 45.3 Å². The zero-order valence-corrected chi connectivity index (χ0v) is 13.1. The van der Waals surface area contributed by atoms with Gasteiger partial charge >= 0.3 is 0 Å². The molecule has 2 rings (SSSR count). The van der Waals surface area contributed by atoms with E-state index in [2.05, 4.69) is 15.5 Å². The second-order valence-corrected chi connectivity index (χ2v) is 5.87. The van der Waals surface area contributed by atoms with Crippen molar-refractivity contribution in [2.75, 3.05) is 45.7 Å². The van der Waals surface area contributed by atoms with Crippen molar-refractivity contribution in [1.82, 2.24) is 10.2 Å². The van der Waals surface area contributed by atoms with E-state index < -0.39 is 0 Å². The van der Waals surface area contributed by atoms with Gasteiger partial charge in [-0.3, -0.25) is 4.79 Å². The summed E-state index contributed by atoms with van der Waals surface area (Å²) in [4.78, 5) is 14.2. The Labute approximate surface area is 126 Å². The van der Waals surface area contributed by atoms with E-state index in [1.165, 1.54) is 0 Å². The minimum atomic E-state index is 0.0438. The van der Waals surface area contributed by atoms with Crippen LogP contribution in [0.25, 0.3) is 0 Å². The van der Waals surface area contributed by atoms with Gasteiger partial charge in [-0.15, -0.1) is 0 Å². The summed E-state index contributed by atoms with van der Waals surface area (Å²) >= 11 is 0. The molecule has 0 spiro atoms.